The first-order valence-corrected chi connectivity index (χ1v) is 7.75. The van der Waals surface area contributed by atoms with Crippen LogP contribution in [0.4, 0.5) is 10.8 Å². The molecule has 6 nitrogen and oxygen atoms in total. The Balaban J connectivity index is 1.81. The number of anilines is 2. The predicted octanol–water partition coefficient (Wildman–Crippen LogP) is 3.21. The molecule has 23 heavy (non-hydrogen) atoms. The molecule has 2 amide bonds. The zero-order valence-corrected chi connectivity index (χ0v) is 13.4. The van der Waals surface area contributed by atoms with Crippen LogP contribution in [-0.4, -0.2) is 21.8 Å². The van der Waals surface area contributed by atoms with E-state index in [9.17, 15) is 9.59 Å². The van der Waals surface area contributed by atoms with Crippen LogP contribution in [0.25, 0.3) is 10.2 Å². The predicted molar refractivity (Wildman–Crippen MR) is 90.9 cm³/mol. The lowest BCUT2D eigenvalue weighted by molar-refractivity contribution is -0.114. The number of nitrogens with zero attached hydrogens (tertiary/aromatic N) is 2. The molecule has 0 bridgehead atoms. The van der Waals surface area contributed by atoms with Crippen molar-refractivity contribution in [2.24, 2.45) is 0 Å². The summed E-state index contributed by atoms with van der Waals surface area (Å²) in [4.78, 5) is 31.7. The summed E-state index contributed by atoms with van der Waals surface area (Å²) in [5.74, 6) is -0.382. The van der Waals surface area contributed by atoms with Crippen molar-refractivity contribution in [1.82, 2.24) is 9.97 Å². The van der Waals surface area contributed by atoms with Gasteiger partial charge in [0, 0.05) is 24.5 Å². The van der Waals surface area contributed by atoms with E-state index in [4.69, 9.17) is 0 Å². The van der Waals surface area contributed by atoms with Gasteiger partial charge in [0.05, 0.1) is 15.8 Å². The van der Waals surface area contributed by atoms with E-state index in [1.54, 1.807) is 24.3 Å². The van der Waals surface area contributed by atoms with E-state index in [1.165, 1.54) is 24.5 Å². The van der Waals surface area contributed by atoms with Gasteiger partial charge in [-0.05, 0) is 37.3 Å². The molecule has 2 N–H and O–H groups in total. The first-order valence-electron chi connectivity index (χ1n) is 6.93. The maximum atomic E-state index is 12.2. The van der Waals surface area contributed by atoms with Crippen molar-refractivity contribution in [3.05, 3.63) is 47.8 Å². The Bertz CT molecular complexity index is 887. The largest absolute Gasteiger partial charge is 0.326 e. The normalized spacial score (nSPS) is 10.5. The molecule has 3 rings (SSSR count). The SMILES string of the molecule is CC(=O)Nc1ccc2nc(NC(=O)c3ccc(C)nc3)sc2c1. The number of aryl methyl sites for hydroxylation is 1. The van der Waals surface area contributed by atoms with Crippen molar-refractivity contribution in [2.45, 2.75) is 13.8 Å². The Morgan fingerprint density at radius 1 is 1.13 bits per heavy atom. The van der Waals surface area contributed by atoms with Gasteiger partial charge in [0.1, 0.15) is 0 Å². The molecule has 2 aromatic heterocycles. The number of carbonyl (C=O) groups excluding carboxylic acids is 2. The topological polar surface area (TPSA) is 84.0 Å². The summed E-state index contributed by atoms with van der Waals surface area (Å²) in [6.07, 6.45) is 1.53. The second kappa shape index (κ2) is 6.13. The summed E-state index contributed by atoms with van der Waals surface area (Å²) >= 11 is 1.35. The molecule has 0 saturated heterocycles. The number of aromatic nitrogens is 2. The minimum atomic E-state index is -0.251. The summed E-state index contributed by atoms with van der Waals surface area (Å²) in [5, 5.41) is 6.00. The molecule has 2 heterocycles. The van der Waals surface area contributed by atoms with E-state index >= 15 is 0 Å². The molecule has 0 aliphatic carbocycles. The van der Waals surface area contributed by atoms with E-state index in [0.29, 0.717) is 16.4 Å². The van der Waals surface area contributed by atoms with Gasteiger partial charge in [0.2, 0.25) is 5.91 Å². The number of amides is 2. The molecule has 3 aromatic rings. The average molecular weight is 326 g/mol. The van der Waals surface area contributed by atoms with Crippen LogP contribution in [-0.2, 0) is 4.79 Å². The van der Waals surface area contributed by atoms with Crippen LogP contribution in [0.3, 0.4) is 0 Å². The fourth-order valence-corrected chi connectivity index (χ4v) is 2.93. The van der Waals surface area contributed by atoms with Crippen LogP contribution in [0.2, 0.25) is 0 Å². The Hall–Kier alpha value is -2.80. The highest BCUT2D eigenvalue weighted by Gasteiger charge is 2.10. The van der Waals surface area contributed by atoms with Gasteiger partial charge < -0.3 is 5.32 Å². The monoisotopic (exact) mass is 326 g/mol. The quantitative estimate of drug-likeness (QED) is 0.774. The van der Waals surface area contributed by atoms with Crippen molar-refractivity contribution in [2.75, 3.05) is 10.6 Å². The highest BCUT2D eigenvalue weighted by molar-refractivity contribution is 7.22. The smallest absolute Gasteiger partial charge is 0.259 e. The van der Waals surface area contributed by atoms with Crippen LogP contribution in [0.5, 0.6) is 0 Å². The van der Waals surface area contributed by atoms with E-state index in [1.807, 2.05) is 13.0 Å². The number of pyridine rings is 1. The van der Waals surface area contributed by atoms with Crippen LogP contribution in [0.1, 0.15) is 23.0 Å². The molecule has 1 aromatic carbocycles. The number of rotatable bonds is 3. The lowest BCUT2D eigenvalue weighted by Gasteiger charge is -2.01. The molecule has 0 aliphatic heterocycles. The molecule has 0 saturated carbocycles. The number of hydrogen-bond donors (Lipinski definition) is 2. The van der Waals surface area contributed by atoms with E-state index in [0.717, 1.165) is 15.9 Å². The number of nitrogens with one attached hydrogen (secondary N) is 2. The molecule has 0 unspecified atom stereocenters. The van der Waals surface area contributed by atoms with Gasteiger partial charge in [-0.1, -0.05) is 11.3 Å². The number of hydrogen-bond acceptors (Lipinski definition) is 5. The summed E-state index contributed by atoms with van der Waals surface area (Å²) in [7, 11) is 0. The number of fused-ring (bicyclic) bond motifs is 1. The summed E-state index contributed by atoms with van der Waals surface area (Å²) in [6.45, 7) is 3.32. The highest BCUT2D eigenvalue weighted by Crippen LogP contribution is 2.28. The molecule has 0 atom stereocenters. The standard InChI is InChI=1S/C16H14N4O2S/c1-9-3-4-11(8-17-9)15(22)20-16-19-13-6-5-12(18-10(2)21)7-14(13)23-16/h3-8H,1-2H3,(H,18,21)(H,19,20,22). The van der Waals surface area contributed by atoms with Gasteiger partial charge in [-0.3, -0.25) is 19.9 Å². The van der Waals surface area contributed by atoms with E-state index in [2.05, 4.69) is 20.6 Å². The van der Waals surface area contributed by atoms with E-state index < -0.39 is 0 Å². The maximum Gasteiger partial charge on any atom is 0.259 e. The van der Waals surface area contributed by atoms with Gasteiger partial charge in [0.15, 0.2) is 5.13 Å². The van der Waals surface area contributed by atoms with Crippen molar-refractivity contribution in [1.29, 1.82) is 0 Å². The van der Waals surface area contributed by atoms with Crippen LogP contribution >= 0.6 is 11.3 Å². The molecule has 7 heteroatoms. The molecule has 0 aliphatic rings. The third kappa shape index (κ3) is 3.51. The van der Waals surface area contributed by atoms with Gasteiger partial charge in [-0.25, -0.2) is 4.98 Å². The number of benzene rings is 1. The highest BCUT2D eigenvalue weighted by atomic mass is 32.1. The molecular formula is C16H14N4O2S. The molecule has 0 radical (unpaired) electrons. The second-order valence-electron chi connectivity index (χ2n) is 5.03. The second-order valence-corrected chi connectivity index (χ2v) is 6.06. The van der Waals surface area contributed by atoms with Crippen LogP contribution in [0, 0.1) is 6.92 Å². The number of thiazole rings is 1. The first kappa shape index (κ1) is 15.1. The maximum absolute atomic E-state index is 12.2. The summed E-state index contributed by atoms with van der Waals surface area (Å²) < 4.78 is 0.883. The van der Waals surface area contributed by atoms with Crippen LogP contribution in [0.15, 0.2) is 36.5 Å². The Labute approximate surface area is 136 Å². The molecule has 0 spiro atoms. The van der Waals surface area contributed by atoms with Gasteiger partial charge in [-0.2, -0.15) is 0 Å². The van der Waals surface area contributed by atoms with Gasteiger partial charge in [-0.15, -0.1) is 0 Å². The summed E-state index contributed by atoms with van der Waals surface area (Å²) in [5.41, 5.74) is 2.80. The van der Waals surface area contributed by atoms with Crippen molar-refractivity contribution in [3.63, 3.8) is 0 Å². The molecule has 0 fully saturated rings. The van der Waals surface area contributed by atoms with Gasteiger partial charge >= 0.3 is 0 Å². The summed E-state index contributed by atoms with van der Waals surface area (Å²) in [6, 6.07) is 8.92. The third-order valence-corrected chi connectivity index (χ3v) is 4.04. The minimum absolute atomic E-state index is 0.130. The molecular weight excluding hydrogens is 312 g/mol. The van der Waals surface area contributed by atoms with Crippen molar-refractivity contribution < 1.29 is 9.59 Å². The zero-order valence-electron chi connectivity index (χ0n) is 12.6. The molecule has 116 valence electrons. The van der Waals surface area contributed by atoms with Gasteiger partial charge in [0.25, 0.3) is 5.91 Å². The average Bonchev–Trinajstić information content (AvgIpc) is 2.88. The Morgan fingerprint density at radius 3 is 2.65 bits per heavy atom. The Kier molecular flexibility index (Phi) is 4.03. The first-order chi connectivity index (χ1) is 11.0. The fraction of sp³-hybridized carbons (Fsp3) is 0.125. The number of carbonyl (C=O) groups is 2. The zero-order chi connectivity index (χ0) is 16.4. The van der Waals surface area contributed by atoms with Crippen molar-refractivity contribution >= 4 is 44.2 Å². The minimum Gasteiger partial charge on any atom is -0.326 e. The Morgan fingerprint density at radius 2 is 1.96 bits per heavy atom. The van der Waals surface area contributed by atoms with Crippen LogP contribution < -0.4 is 10.6 Å². The third-order valence-electron chi connectivity index (χ3n) is 3.10. The lowest BCUT2D eigenvalue weighted by Crippen LogP contribution is -2.11. The van der Waals surface area contributed by atoms with Crippen molar-refractivity contribution in [3.8, 4) is 0 Å². The van der Waals surface area contributed by atoms with E-state index in [-0.39, 0.29) is 11.8 Å². The fourth-order valence-electron chi connectivity index (χ4n) is 2.03. The lowest BCUT2D eigenvalue weighted by atomic mass is 10.2.